The highest BCUT2D eigenvalue weighted by atomic mass is 16.5. The number of hydrogen-bond acceptors (Lipinski definition) is 4. The Morgan fingerprint density at radius 3 is 2.40 bits per heavy atom. The number of nitrogens with two attached hydrogens (primary N) is 1. The maximum Gasteiger partial charge on any atom is 0.354 e. The third-order valence-corrected chi connectivity index (χ3v) is 2.58. The summed E-state index contributed by atoms with van der Waals surface area (Å²) in [4.78, 5) is 11.1. The maximum absolute atomic E-state index is 11.1. The van der Waals surface area contributed by atoms with Gasteiger partial charge < -0.3 is 15.6 Å². The smallest absolute Gasteiger partial charge is 0.354 e. The number of hydrogen-bond donors (Lipinski definition) is 3. The molecule has 0 saturated heterocycles. The molecular formula is C14H17N3O3. The number of nitrogens with zero attached hydrogens (tertiary/aromatic N) is 1. The lowest BCUT2D eigenvalue weighted by Gasteiger charge is -2.21. The van der Waals surface area contributed by atoms with Crippen LogP contribution in [0.25, 0.3) is 11.1 Å². The monoisotopic (exact) mass is 275 g/mol. The van der Waals surface area contributed by atoms with Crippen molar-refractivity contribution >= 4 is 11.8 Å². The van der Waals surface area contributed by atoms with Crippen LogP contribution in [0.1, 0.15) is 31.3 Å². The molecule has 0 aliphatic rings. The first-order chi connectivity index (χ1) is 9.28. The lowest BCUT2D eigenvalue weighted by molar-refractivity contribution is 0.0691. The van der Waals surface area contributed by atoms with Crippen LogP contribution in [0.5, 0.6) is 5.75 Å². The van der Waals surface area contributed by atoms with Crippen molar-refractivity contribution in [1.29, 1.82) is 0 Å². The number of carboxylic acid groups (broad SMARTS) is 1. The fourth-order valence-corrected chi connectivity index (χ4v) is 1.85. The number of ether oxygens (including phenoxy) is 1. The molecule has 0 bridgehead atoms. The van der Waals surface area contributed by atoms with E-state index in [9.17, 15) is 4.79 Å². The number of carbonyl (C=O) groups is 1. The number of aromatic carboxylic acids is 1. The Hall–Kier alpha value is -2.50. The summed E-state index contributed by atoms with van der Waals surface area (Å²) in [6.45, 7) is 5.87. The zero-order valence-corrected chi connectivity index (χ0v) is 11.6. The summed E-state index contributed by atoms with van der Waals surface area (Å²) < 4.78 is 5.71. The number of aromatic amines is 1. The highest BCUT2D eigenvalue weighted by molar-refractivity contribution is 5.97. The van der Waals surface area contributed by atoms with Crippen molar-refractivity contribution in [1.82, 2.24) is 10.2 Å². The van der Waals surface area contributed by atoms with E-state index in [-0.39, 0.29) is 17.1 Å². The van der Waals surface area contributed by atoms with Gasteiger partial charge in [-0.15, -0.1) is 0 Å². The van der Waals surface area contributed by atoms with E-state index in [1.807, 2.05) is 20.8 Å². The molecule has 0 atom stereocenters. The maximum atomic E-state index is 11.1. The molecule has 2 rings (SSSR count). The summed E-state index contributed by atoms with van der Waals surface area (Å²) >= 11 is 0. The number of carboxylic acids is 1. The first-order valence-corrected chi connectivity index (χ1v) is 6.14. The predicted octanol–water partition coefficient (Wildman–Crippen LogP) is 2.53. The molecule has 0 amide bonds. The van der Waals surface area contributed by atoms with Gasteiger partial charge >= 0.3 is 5.97 Å². The van der Waals surface area contributed by atoms with Gasteiger partial charge in [0.2, 0.25) is 0 Å². The molecule has 0 aliphatic carbocycles. The molecule has 1 heterocycles. The van der Waals surface area contributed by atoms with Gasteiger partial charge in [0.15, 0.2) is 11.5 Å². The van der Waals surface area contributed by atoms with Crippen molar-refractivity contribution < 1.29 is 14.6 Å². The molecule has 6 nitrogen and oxygen atoms in total. The summed E-state index contributed by atoms with van der Waals surface area (Å²) in [5, 5.41) is 15.3. The summed E-state index contributed by atoms with van der Waals surface area (Å²) in [6, 6.07) is 7.07. The predicted molar refractivity (Wildman–Crippen MR) is 75.8 cm³/mol. The Kier molecular flexibility index (Phi) is 3.40. The molecule has 2 aromatic rings. The van der Waals surface area contributed by atoms with Gasteiger partial charge in [0.1, 0.15) is 11.4 Å². The molecule has 0 aliphatic heterocycles. The van der Waals surface area contributed by atoms with Gasteiger partial charge in [0.05, 0.1) is 5.56 Å². The van der Waals surface area contributed by atoms with Crippen LogP contribution >= 0.6 is 0 Å². The largest absolute Gasteiger partial charge is 0.488 e. The van der Waals surface area contributed by atoms with Crippen molar-refractivity contribution in [3.63, 3.8) is 0 Å². The normalized spacial score (nSPS) is 11.3. The second-order valence-electron chi connectivity index (χ2n) is 5.40. The second-order valence-corrected chi connectivity index (χ2v) is 5.40. The van der Waals surface area contributed by atoms with Crippen molar-refractivity contribution in [2.75, 3.05) is 5.73 Å². The highest BCUT2D eigenvalue weighted by Crippen LogP contribution is 2.30. The van der Waals surface area contributed by atoms with Gasteiger partial charge in [-0.05, 0) is 38.5 Å². The fraction of sp³-hybridized carbons (Fsp3) is 0.286. The molecule has 0 spiro atoms. The summed E-state index contributed by atoms with van der Waals surface area (Å²) in [5.41, 5.74) is 6.47. The second kappa shape index (κ2) is 4.88. The van der Waals surface area contributed by atoms with Gasteiger partial charge in [0.25, 0.3) is 0 Å². The van der Waals surface area contributed by atoms with Gasteiger partial charge in [-0.1, -0.05) is 12.1 Å². The average Bonchev–Trinajstić information content (AvgIpc) is 2.70. The lowest BCUT2D eigenvalue weighted by Crippen LogP contribution is -2.22. The molecule has 0 unspecified atom stereocenters. The number of aromatic nitrogens is 2. The van der Waals surface area contributed by atoms with E-state index >= 15 is 0 Å². The van der Waals surface area contributed by atoms with Gasteiger partial charge in [0, 0.05) is 0 Å². The first-order valence-electron chi connectivity index (χ1n) is 6.14. The fourth-order valence-electron chi connectivity index (χ4n) is 1.85. The van der Waals surface area contributed by atoms with Crippen LogP contribution in [-0.4, -0.2) is 26.9 Å². The van der Waals surface area contributed by atoms with E-state index in [0.29, 0.717) is 16.9 Å². The zero-order valence-electron chi connectivity index (χ0n) is 11.6. The van der Waals surface area contributed by atoms with E-state index in [1.165, 1.54) is 0 Å². The summed E-state index contributed by atoms with van der Waals surface area (Å²) in [6.07, 6.45) is 0. The van der Waals surface area contributed by atoms with Crippen LogP contribution in [0.4, 0.5) is 5.82 Å². The van der Waals surface area contributed by atoms with Crippen molar-refractivity contribution in [3.8, 4) is 16.9 Å². The summed E-state index contributed by atoms with van der Waals surface area (Å²) in [5.74, 6) is -0.230. The first kappa shape index (κ1) is 13.9. The molecule has 1 aromatic heterocycles. The van der Waals surface area contributed by atoms with Crippen LogP contribution < -0.4 is 10.5 Å². The van der Waals surface area contributed by atoms with Crippen LogP contribution in [0.3, 0.4) is 0 Å². The molecule has 4 N–H and O–H groups in total. The number of nitrogen functional groups attached to an aromatic ring is 1. The van der Waals surface area contributed by atoms with E-state index < -0.39 is 5.97 Å². The van der Waals surface area contributed by atoms with Crippen LogP contribution in [0.15, 0.2) is 24.3 Å². The minimum atomic E-state index is -1.10. The number of benzene rings is 1. The standard InChI is InChI=1S/C14H17N3O3/c1-14(2,3)20-9-6-4-8(5-7-9)10-11(13(18)19)16-17-12(10)15/h4-7H,1-3H3,(H,18,19)(H3,15,16,17). The van der Waals surface area contributed by atoms with Gasteiger partial charge in [-0.3, -0.25) is 5.10 Å². The third-order valence-electron chi connectivity index (χ3n) is 2.58. The quantitative estimate of drug-likeness (QED) is 0.799. The average molecular weight is 275 g/mol. The molecular weight excluding hydrogens is 258 g/mol. The van der Waals surface area contributed by atoms with Crippen LogP contribution in [-0.2, 0) is 0 Å². The molecule has 1 aromatic carbocycles. The van der Waals surface area contributed by atoms with E-state index in [2.05, 4.69) is 10.2 Å². The Balaban J connectivity index is 2.36. The Bertz CT molecular complexity index is 624. The number of H-pyrrole nitrogens is 1. The third kappa shape index (κ3) is 2.90. The molecule has 0 radical (unpaired) electrons. The topological polar surface area (TPSA) is 101 Å². The molecule has 20 heavy (non-hydrogen) atoms. The number of nitrogens with one attached hydrogen (secondary N) is 1. The van der Waals surface area contributed by atoms with E-state index in [4.69, 9.17) is 15.6 Å². The minimum absolute atomic E-state index is 0.0213. The van der Waals surface area contributed by atoms with E-state index in [0.717, 1.165) is 0 Å². The van der Waals surface area contributed by atoms with Gasteiger partial charge in [-0.25, -0.2) is 4.79 Å². The SMILES string of the molecule is CC(C)(C)Oc1ccc(-c2c(N)n[nH]c2C(=O)O)cc1. The van der Waals surface area contributed by atoms with Crippen molar-refractivity contribution in [2.45, 2.75) is 26.4 Å². The molecule has 0 fully saturated rings. The molecule has 106 valence electrons. The minimum Gasteiger partial charge on any atom is -0.488 e. The van der Waals surface area contributed by atoms with E-state index in [1.54, 1.807) is 24.3 Å². The van der Waals surface area contributed by atoms with Gasteiger partial charge in [-0.2, -0.15) is 5.10 Å². The van der Waals surface area contributed by atoms with Crippen LogP contribution in [0.2, 0.25) is 0 Å². The van der Waals surface area contributed by atoms with Crippen LogP contribution in [0, 0.1) is 0 Å². The Morgan fingerprint density at radius 2 is 1.90 bits per heavy atom. The highest BCUT2D eigenvalue weighted by Gasteiger charge is 2.19. The Morgan fingerprint density at radius 1 is 1.30 bits per heavy atom. The summed E-state index contributed by atoms with van der Waals surface area (Å²) in [7, 11) is 0. The number of rotatable bonds is 3. The Labute approximate surface area is 116 Å². The molecule has 6 heteroatoms. The van der Waals surface area contributed by atoms with Crippen molar-refractivity contribution in [3.05, 3.63) is 30.0 Å². The molecule has 0 saturated carbocycles. The number of anilines is 1. The zero-order chi connectivity index (χ0) is 14.9. The lowest BCUT2D eigenvalue weighted by atomic mass is 10.1. The van der Waals surface area contributed by atoms with Crippen molar-refractivity contribution in [2.24, 2.45) is 0 Å².